The predicted molar refractivity (Wildman–Crippen MR) is 95.6 cm³/mol. The second-order valence-corrected chi connectivity index (χ2v) is 7.35. The average molecular weight is 341 g/mol. The molecule has 1 rings (SSSR count). The maximum absolute atomic E-state index is 12.6. The fourth-order valence-electron chi connectivity index (χ4n) is 3.43. The third-order valence-electron chi connectivity index (χ3n) is 5.03. The average Bonchev–Trinajstić information content (AvgIpc) is 2.58. The molecule has 4 heteroatoms. The first-order chi connectivity index (χ1) is 11.5. The van der Waals surface area contributed by atoms with Gasteiger partial charge in [-0.2, -0.15) is 0 Å². The quantitative estimate of drug-likeness (QED) is 0.419. The van der Waals surface area contributed by atoms with Crippen molar-refractivity contribution in [2.45, 2.75) is 91.6 Å². The standard InChI is InChI=1S/C20H36O4/c1-5-7-8-11-14-23-19(21)16-12-9-10-13-17(16)20(22)24-18(6-2)15(3)4/h15-18H,5-14H2,1-4H3. The number of rotatable bonds is 10. The van der Waals surface area contributed by atoms with Gasteiger partial charge in [0.25, 0.3) is 0 Å². The topological polar surface area (TPSA) is 52.6 Å². The van der Waals surface area contributed by atoms with E-state index in [4.69, 9.17) is 9.47 Å². The van der Waals surface area contributed by atoms with Gasteiger partial charge in [0, 0.05) is 0 Å². The van der Waals surface area contributed by atoms with Gasteiger partial charge >= 0.3 is 11.9 Å². The second-order valence-electron chi connectivity index (χ2n) is 7.35. The first-order valence-electron chi connectivity index (χ1n) is 9.88. The van der Waals surface area contributed by atoms with Crippen LogP contribution in [0.2, 0.25) is 0 Å². The minimum atomic E-state index is -0.324. The Balaban J connectivity index is 2.54. The lowest BCUT2D eigenvalue weighted by Crippen LogP contribution is -2.37. The van der Waals surface area contributed by atoms with E-state index in [1.807, 2.05) is 6.92 Å². The summed E-state index contributed by atoms with van der Waals surface area (Å²) in [6, 6.07) is 0. The molecule has 0 aromatic heterocycles. The molecule has 0 saturated heterocycles. The lowest BCUT2D eigenvalue weighted by Gasteiger charge is -2.30. The largest absolute Gasteiger partial charge is 0.465 e. The molecule has 0 aliphatic heterocycles. The summed E-state index contributed by atoms with van der Waals surface area (Å²) in [4.78, 5) is 25.0. The van der Waals surface area contributed by atoms with E-state index in [2.05, 4.69) is 20.8 Å². The Kier molecular flexibility index (Phi) is 10.0. The van der Waals surface area contributed by atoms with Crippen LogP contribution in [0.1, 0.15) is 85.5 Å². The van der Waals surface area contributed by atoms with Gasteiger partial charge in [-0.15, -0.1) is 0 Å². The first kappa shape index (κ1) is 21.0. The lowest BCUT2D eigenvalue weighted by molar-refractivity contribution is -0.167. The van der Waals surface area contributed by atoms with Crippen molar-refractivity contribution in [3.8, 4) is 0 Å². The molecule has 0 N–H and O–H groups in total. The van der Waals surface area contributed by atoms with Crippen molar-refractivity contribution in [3.05, 3.63) is 0 Å². The summed E-state index contributed by atoms with van der Waals surface area (Å²) in [5.41, 5.74) is 0. The fraction of sp³-hybridized carbons (Fsp3) is 0.900. The van der Waals surface area contributed by atoms with Gasteiger partial charge in [0.15, 0.2) is 0 Å². The minimum absolute atomic E-state index is 0.0647. The van der Waals surface area contributed by atoms with Crippen molar-refractivity contribution in [1.29, 1.82) is 0 Å². The Labute approximate surface area is 147 Å². The van der Waals surface area contributed by atoms with Crippen molar-refractivity contribution >= 4 is 11.9 Å². The summed E-state index contributed by atoms with van der Waals surface area (Å²) in [7, 11) is 0. The molecule has 0 aromatic carbocycles. The van der Waals surface area contributed by atoms with Crippen LogP contribution >= 0.6 is 0 Å². The minimum Gasteiger partial charge on any atom is -0.465 e. The van der Waals surface area contributed by atoms with Gasteiger partial charge in [-0.3, -0.25) is 9.59 Å². The summed E-state index contributed by atoms with van der Waals surface area (Å²) in [5, 5.41) is 0. The molecular weight excluding hydrogens is 304 g/mol. The molecule has 1 fully saturated rings. The predicted octanol–water partition coefficient (Wildman–Crippen LogP) is 4.89. The van der Waals surface area contributed by atoms with E-state index in [0.29, 0.717) is 12.5 Å². The monoisotopic (exact) mass is 340 g/mol. The summed E-state index contributed by atoms with van der Waals surface area (Å²) in [5.74, 6) is -0.753. The van der Waals surface area contributed by atoms with Gasteiger partial charge < -0.3 is 9.47 Å². The van der Waals surface area contributed by atoms with Crippen LogP contribution in [-0.2, 0) is 19.1 Å². The van der Waals surface area contributed by atoms with E-state index in [0.717, 1.165) is 44.9 Å². The van der Waals surface area contributed by atoms with Crippen LogP contribution in [0.25, 0.3) is 0 Å². The molecule has 1 aliphatic rings. The number of carbonyl (C=O) groups excluding carboxylic acids is 2. The van der Waals surface area contributed by atoms with Crippen LogP contribution in [0, 0.1) is 17.8 Å². The molecule has 140 valence electrons. The smallest absolute Gasteiger partial charge is 0.310 e. The summed E-state index contributed by atoms with van der Waals surface area (Å²) in [6.07, 6.45) is 8.53. The molecule has 4 nitrogen and oxygen atoms in total. The third-order valence-corrected chi connectivity index (χ3v) is 5.03. The van der Waals surface area contributed by atoms with Crippen molar-refractivity contribution in [2.24, 2.45) is 17.8 Å². The number of ether oxygens (including phenoxy) is 2. The maximum atomic E-state index is 12.6. The van der Waals surface area contributed by atoms with Crippen molar-refractivity contribution in [3.63, 3.8) is 0 Å². The SMILES string of the molecule is CCCCCCOC(=O)C1CCCCC1C(=O)OC(CC)C(C)C. The molecule has 0 aromatic rings. The van der Waals surface area contributed by atoms with E-state index < -0.39 is 0 Å². The third kappa shape index (κ3) is 6.82. The van der Waals surface area contributed by atoms with Gasteiger partial charge in [0.05, 0.1) is 18.4 Å². The molecule has 0 spiro atoms. The van der Waals surface area contributed by atoms with Crippen LogP contribution in [0.3, 0.4) is 0 Å². The second kappa shape index (κ2) is 11.5. The highest BCUT2D eigenvalue weighted by molar-refractivity contribution is 5.82. The summed E-state index contributed by atoms with van der Waals surface area (Å²) >= 11 is 0. The van der Waals surface area contributed by atoms with Crippen LogP contribution in [-0.4, -0.2) is 24.6 Å². The van der Waals surface area contributed by atoms with Gasteiger partial charge in [-0.05, 0) is 31.6 Å². The Morgan fingerprint density at radius 3 is 2.12 bits per heavy atom. The van der Waals surface area contributed by atoms with Gasteiger partial charge in [-0.25, -0.2) is 0 Å². The van der Waals surface area contributed by atoms with E-state index >= 15 is 0 Å². The van der Waals surface area contributed by atoms with Gasteiger partial charge in [0.1, 0.15) is 6.10 Å². The van der Waals surface area contributed by atoms with Crippen LogP contribution in [0.15, 0.2) is 0 Å². The highest BCUT2D eigenvalue weighted by atomic mass is 16.5. The maximum Gasteiger partial charge on any atom is 0.310 e. The van der Waals surface area contributed by atoms with Crippen molar-refractivity contribution < 1.29 is 19.1 Å². The Bertz CT molecular complexity index is 378. The molecule has 0 radical (unpaired) electrons. The van der Waals surface area contributed by atoms with E-state index in [1.54, 1.807) is 0 Å². The van der Waals surface area contributed by atoms with Gasteiger partial charge in [-0.1, -0.05) is 59.8 Å². The number of hydrogen-bond acceptors (Lipinski definition) is 4. The molecule has 0 amide bonds. The van der Waals surface area contributed by atoms with Crippen LogP contribution in [0.5, 0.6) is 0 Å². The molecule has 3 unspecified atom stereocenters. The lowest BCUT2D eigenvalue weighted by atomic mass is 9.79. The molecular formula is C20H36O4. The fourth-order valence-corrected chi connectivity index (χ4v) is 3.43. The van der Waals surface area contributed by atoms with E-state index in [1.165, 1.54) is 12.8 Å². The molecule has 24 heavy (non-hydrogen) atoms. The zero-order valence-corrected chi connectivity index (χ0v) is 16.0. The number of carbonyl (C=O) groups is 2. The van der Waals surface area contributed by atoms with Crippen molar-refractivity contribution in [1.82, 2.24) is 0 Å². The van der Waals surface area contributed by atoms with Crippen LogP contribution < -0.4 is 0 Å². The molecule has 3 atom stereocenters. The normalized spacial score (nSPS) is 22.2. The Hall–Kier alpha value is -1.06. The number of esters is 2. The van der Waals surface area contributed by atoms with E-state index in [9.17, 15) is 9.59 Å². The zero-order valence-electron chi connectivity index (χ0n) is 16.0. The molecule has 1 saturated carbocycles. The highest BCUT2D eigenvalue weighted by Gasteiger charge is 2.38. The Morgan fingerprint density at radius 2 is 1.58 bits per heavy atom. The van der Waals surface area contributed by atoms with E-state index in [-0.39, 0.29) is 29.9 Å². The number of hydrogen-bond donors (Lipinski definition) is 0. The molecule has 1 aliphatic carbocycles. The summed E-state index contributed by atoms with van der Waals surface area (Å²) < 4.78 is 11.1. The number of unbranched alkanes of at least 4 members (excludes halogenated alkanes) is 3. The van der Waals surface area contributed by atoms with Crippen molar-refractivity contribution in [2.75, 3.05) is 6.61 Å². The molecule has 0 bridgehead atoms. The molecule has 0 heterocycles. The zero-order chi connectivity index (χ0) is 17.9. The summed E-state index contributed by atoms with van der Waals surface area (Å²) in [6.45, 7) is 8.78. The Morgan fingerprint density at radius 1 is 0.958 bits per heavy atom. The first-order valence-corrected chi connectivity index (χ1v) is 9.88. The van der Waals surface area contributed by atoms with Gasteiger partial charge in [0.2, 0.25) is 0 Å². The highest BCUT2D eigenvalue weighted by Crippen LogP contribution is 2.33. The van der Waals surface area contributed by atoms with Crippen LogP contribution in [0.4, 0.5) is 0 Å².